The zero-order valence-corrected chi connectivity index (χ0v) is 15.6. The van der Waals surface area contributed by atoms with Crippen molar-refractivity contribution in [3.63, 3.8) is 0 Å². The maximum atomic E-state index is 14.1. The van der Waals surface area contributed by atoms with Gasteiger partial charge >= 0.3 is 0 Å². The quantitative estimate of drug-likeness (QED) is 0.801. The molecule has 8 heteroatoms. The van der Waals surface area contributed by atoms with Gasteiger partial charge in [0, 0.05) is 18.7 Å². The summed E-state index contributed by atoms with van der Waals surface area (Å²) in [5.41, 5.74) is 0.459. The average molecular weight is 380 g/mol. The molecule has 0 aliphatic heterocycles. The van der Waals surface area contributed by atoms with Crippen LogP contribution in [0.3, 0.4) is 0 Å². The van der Waals surface area contributed by atoms with Crippen molar-refractivity contribution in [3.8, 4) is 5.75 Å². The van der Waals surface area contributed by atoms with Crippen LogP contribution in [0, 0.1) is 5.82 Å². The summed E-state index contributed by atoms with van der Waals surface area (Å²) in [7, 11) is -2.55. The Hall–Kier alpha value is -2.45. The van der Waals surface area contributed by atoms with Crippen molar-refractivity contribution in [1.82, 2.24) is 4.31 Å². The molecule has 2 aromatic rings. The molecule has 0 bridgehead atoms. The minimum absolute atomic E-state index is 0.0306. The van der Waals surface area contributed by atoms with Crippen molar-refractivity contribution in [2.24, 2.45) is 0 Å². The van der Waals surface area contributed by atoms with Crippen molar-refractivity contribution in [1.29, 1.82) is 0 Å². The normalized spacial score (nSPS) is 11.4. The van der Waals surface area contributed by atoms with Gasteiger partial charge in [0.25, 0.3) is 5.91 Å². The Morgan fingerprint density at radius 3 is 2.42 bits per heavy atom. The topological polar surface area (TPSA) is 75.7 Å². The van der Waals surface area contributed by atoms with Crippen LogP contribution >= 0.6 is 0 Å². The minimum atomic E-state index is -4.02. The number of carbonyl (C=O) groups is 1. The molecule has 0 fully saturated rings. The molecule has 6 nitrogen and oxygen atoms in total. The molecule has 26 heavy (non-hydrogen) atoms. The Bertz CT molecular complexity index is 896. The Balaban J connectivity index is 2.39. The molecular weight excluding hydrogens is 359 g/mol. The van der Waals surface area contributed by atoms with E-state index >= 15 is 0 Å². The molecule has 0 spiro atoms. The number of hydrogen-bond acceptors (Lipinski definition) is 4. The van der Waals surface area contributed by atoms with Gasteiger partial charge in [0.05, 0.1) is 12.8 Å². The summed E-state index contributed by atoms with van der Waals surface area (Å²) in [4.78, 5) is 12.0. The number of anilines is 1. The number of rotatable bonds is 7. The zero-order valence-electron chi connectivity index (χ0n) is 14.8. The lowest BCUT2D eigenvalue weighted by Gasteiger charge is -2.19. The first-order valence-corrected chi connectivity index (χ1v) is 9.53. The molecular formula is C18H21FN2O4S. The molecule has 0 atom stereocenters. The van der Waals surface area contributed by atoms with Gasteiger partial charge in [-0.2, -0.15) is 4.31 Å². The van der Waals surface area contributed by atoms with Crippen LogP contribution in [0.1, 0.15) is 24.2 Å². The van der Waals surface area contributed by atoms with E-state index in [4.69, 9.17) is 4.74 Å². The molecule has 0 heterocycles. The number of nitrogens with one attached hydrogen (secondary N) is 1. The highest BCUT2D eigenvalue weighted by Crippen LogP contribution is 2.25. The molecule has 0 aliphatic rings. The summed E-state index contributed by atoms with van der Waals surface area (Å²) in [6, 6.07) is 10.1. The van der Waals surface area contributed by atoms with E-state index in [9.17, 15) is 17.6 Å². The van der Waals surface area contributed by atoms with Crippen LogP contribution < -0.4 is 10.1 Å². The lowest BCUT2D eigenvalue weighted by atomic mass is 10.2. The van der Waals surface area contributed by atoms with Gasteiger partial charge in [0.1, 0.15) is 16.5 Å². The summed E-state index contributed by atoms with van der Waals surface area (Å²) >= 11 is 0. The number of methoxy groups -OCH3 is 1. The van der Waals surface area contributed by atoms with E-state index in [1.807, 2.05) is 0 Å². The number of carbonyl (C=O) groups excluding carboxylic acids is 1. The first-order chi connectivity index (χ1) is 12.3. The number of benzene rings is 2. The fourth-order valence-electron chi connectivity index (χ4n) is 2.49. The van der Waals surface area contributed by atoms with Gasteiger partial charge in [0.2, 0.25) is 10.0 Å². The third-order valence-electron chi connectivity index (χ3n) is 3.87. The van der Waals surface area contributed by atoms with Crippen LogP contribution in [-0.4, -0.2) is 38.8 Å². The lowest BCUT2D eigenvalue weighted by Crippen LogP contribution is -2.31. The Kier molecular flexibility index (Phi) is 6.33. The molecule has 1 amide bonds. The molecule has 0 saturated heterocycles. The van der Waals surface area contributed by atoms with E-state index < -0.39 is 26.6 Å². The van der Waals surface area contributed by atoms with Gasteiger partial charge in [-0.1, -0.05) is 26.0 Å². The van der Waals surface area contributed by atoms with Crippen molar-refractivity contribution in [2.75, 3.05) is 25.5 Å². The van der Waals surface area contributed by atoms with Gasteiger partial charge in [0.15, 0.2) is 0 Å². The molecule has 2 rings (SSSR count). The lowest BCUT2D eigenvalue weighted by molar-refractivity contribution is 0.102. The van der Waals surface area contributed by atoms with E-state index in [0.29, 0.717) is 11.4 Å². The average Bonchev–Trinajstić information content (AvgIpc) is 2.63. The van der Waals surface area contributed by atoms with E-state index in [1.165, 1.54) is 13.2 Å². The number of nitrogens with zero attached hydrogens (tertiary/aromatic N) is 1. The first kappa shape index (κ1) is 19.9. The molecule has 2 aromatic carbocycles. The molecule has 0 aliphatic carbocycles. The van der Waals surface area contributed by atoms with Crippen molar-refractivity contribution in [3.05, 3.63) is 53.8 Å². The Labute approximate surface area is 152 Å². The molecule has 140 valence electrons. The highest BCUT2D eigenvalue weighted by atomic mass is 32.2. The van der Waals surface area contributed by atoms with Crippen LogP contribution in [0.5, 0.6) is 5.75 Å². The number of halogens is 1. The van der Waals surface area contributed by atoms with E-state index in [0.717, 1.165) is 16.4 Å². The van der Waals surface area contributed by atoms with E-state index in [1.54, 1.807) is 38.1 Å². The summed E-state index contributed by atoms with van der Waals surface area (Å²) < 4.78 is 45.6. The van der Waals surface area contributed by atoms with Crippen molar-refractivity contribution in [2.45, 2.75) is 18.7 Å². The number of ether oxygens (including phenoxy) is 1. The molecule has 0 radical (unpaired) electrons. The minimum Gasteiger partial charge on any atom is -0.495 e. The summed E-state index contributed by atoms with van der Waals surface area (Å²) in [6.45, 7) is 3.74. The third kappa shape index (κ3) is 4.03. The number of amides is 1. The van der Waals surface area contributed by atoms with Crippen LogP contribution in [0.4, 0.5) is 10.1 Å². The third-order valence-corrected chi connectivity index (χ3v) is 5.94. The fraction of sp³-hybridized carbons (Fsp3) is 0.278. The second-order valence-corrected chi connectivity index (χ2v) is 7.30. The largest absolute Gasteiger partial charge is 0.495 e. The van der Waals surface area contributed by atoms with Crippen LogP contribution in [0.15, 0.2) is 47.4 Å². The Morgan fingerprint density at radius 1 is 1.15 bits per heavy atom. The van der Waals surface area contributed by atoms with Gasteiger partial charge < -0.3 is 10.1 Å². The first-order valence-electron chi connectivity index (χ1n) is 8.09. The maximum absolute atomic E-state index is 14.1. The van der Waals surface area contributed by atoms with Gasteiger partial charge in [-0.25, -0.2) is 12.8 Å². The van der Waals surface area contributed by atoms with Crippen molar-refractivity contribution >= 4 is 21.6 Å². The number of para-hydroxylation sites is 2. The standard InChI is InChI=1S/C18H21FN2O4S/c1-4-21(5-2)26(23,24)17-12-13(10-11-14(17)19)18(22)20-15-8-6-7-9-16(15)25-3/h6-12H,4-5H2,1-3H3,(H,20,22). The Morgan fingerprint density at radius 2 is 1.81 bits per heavy atom. The fourth-order valence-corrected chi connectivity index (χ4v) is 4.04. The maximum Gasteiger partial charge on any atom is 0.255 e. The molecule has 0 aromatic heterocycles. The highest BCUT2D eigenvalue weighted by molar-refractivity contribution is 7.89. The van der Waals surface area contributed by atoms with Crippen LogP contribution in [0.2, 0.25) is 0 Å². The number of sulfonamides is 1. The summed E-state index contributed by atoms with van der Waals surface area (Å²) in [6.07, 6.45) is 0. The second-order valence-electron chi connectivity index (χ2n) is 5.39. The summed E-state index contributed by atoms with van der Waals surface area (Å²) in [5.74, 6) is -1.00. The van der Waals surface area contributed by atoms with E-state index in [2.05, 4.69) is 5.32 Å². The molecule has 0 saturated carbocycles. The van der Waals surface area contributed by atoms with Gasteiger partial charge in [-0.3, -0.25) is 4.79 Å². The van der Waals surface area contributed by atoms with Gasteiger partial charge in [-0.15, -0.1) is 0 Å². The van der Waals surface area contributed by atoms with Crippen LogP contribution in [0.25, 0.3) is 0 Å². The van der Waals surface area contributed by atoms with Crippen molar-refractivity contribution < 1.29 is 22.3 Å². The molecule has 0 unspecified atom stereocenters. The van der Waals surface area contributed by atoms with Crippen LogP contribution in [-0.2, 0) is 10.0 Å². The SMILES string of the molecule is CCN(CC)S(=O)(=O)c1cc(C(=O)Nc2ccccc2OC)ccc1F. The van der Waals surface area contributed by atoms with Gasteiger partial charge in [-0.05, 0) is 30.3 Å². The smallest absolute Gasteiger partial charge is 0.255 e. The summed E-state index contributed by atoms with van der Waals surface area (Å²) in [5, 5.41) is 2.64. The monoisotopic (exact) mass is 380 g/mol. The predicted octanol–water partition coefficient (Wildman–Crippen LogP) is 3.12. The number of hydrogen-bond donors (Lipinski definition) is 1. The second kappa shape index (κ2) is 8.29. The van der Waals surface area contributed by atoms with E-state index in [-0.39, 0.29) is 18.7 Å². The molecule has 1 N–H and O–H groups in total. The predicted molar refractivity (Wildman–Crippen MR) is 97.5 cm³/mol. The highest BCUT2D eigenvalue weighted by Gasteiger charge is 2.26. The zero-order chi connectivity index (χ0) is 19.3.